The van der Waals surface area contributed by atoms with Crippen molar-refractivity contribution in [3.8, 4) is 0 Å². The number of hydrogen-bond acceptors (Lipinski definition) is 7. The lowest BCUT2D eigenvalue weighted by atomic mass is 10.1. The maximum absolute atomic E-state index is 12.5. The van der Waals surface area contributed by atoms with Gasteiger partial charge in [-0.2, -0.15) is 0 Å². The van der Waals surface area contributed by atoms with E-state index in [-0.39, 0.29) is 11.9 Å². The van der Waals surface area contributed by atoms with Crippen molar-refractivity contribution >= 4 is 23.1 Å². The molecule has 8 heteroatoms. The van der Waals surface area contributed by atoms with E-state index in [1.165, 1.54) is 17.3 Å². The zero-order valence-electron chi connectivity index (χ0n) is 14.1. The van der Waals surface area contributed by atoms with Crippen LogP contribution >= 0.6 is 11.3 Å². The SMILES string of the molecule is O=C(Nc1cnccn1)c1cccc(C2CCCN2Cc2cncs2)n1. The highest BCUT2D eigenvalue weighted by Gasteiger charge is 2.28. The fourth-order valence-corrected chi connectivity index (χ4v) is 3.80. The van der Waals surface area contributed by atoms with Crippen LogP contribution in [0.15, 0.2) is 48.5 Å². The molecule has 0 radical (unpaired) electrons. The summed E-state index contributed by atoms with van der Waals surface area (Å²) in [4.78, 5) is 32.9. The van der Waals surface area contributed by atoms with Crippen molar-refractivity contribution in [1.82, 2.24) is 24.8 Å². The molecule has 0 spiro atoms. The minimum Gasteiger partial charge on any atom is -0.304 e. The van der Waals surface area contributed by atoms with Crippen LogP contribution in [0.1, 0.15) is 39.9 Å². The Morgan fingerprint density at radius 2 is 2.23 bits per heavy atom. The number of pyridine rings is 1. The Morgan fingerprint density at radius 3 is 3.04 bits per heavy atom. The van der Waals surface area contributed by atoms with Crippen molar-refractivity contribution in [1.29, 1.82) is 0 Å². The summed E-state index contributed by atoms with van der Waals surface area (Å²) in [5, 5.41) is 2.73. The number of rotatable bonds is 5. The molecule has 0 saturated carbocycles. The molecule has 1 atom stereocenters. The molecule has 26 heavy (non-hydrogen) atoms. The second-order valence-corrected chi connectivity index (χ2v) is 7.06. The first kappa shape index (κ1) is 16.7. The average Bonchev–Trinajstić information content (AvgIpc) is 3.35. The third-order valence-corrected chi connectivity index (χ3v) is 5.12. The van der Waals surface area contributed by atoms with Gasteiger partial charge >= 0.3 is 0 Å². The van der Waals surface area contributed by atoms with Crippen molar-refractivity contribution in [2.75, 3.05) is 11.9 Å². The maximum Gasteiger partial charge on any atom is 0.275 e. The van der Waals surface area contributed by atoms with Crippen LogP contribution in [-0.2, 0) is 6.54 Å². The number of nitrogens with zero attached hydrogens (tertiary/aromatic N) is 5. The van der Waals surface area contributed by atoms with Gasteiger partial charge in [0.25, 0.3) is 5.91 Å². The molecule has 1 unspecified atom stereocenters. The highest BCUT2D eigenvalue weighted by Crippen LogP contribution is 2.32. The lowest BCUT2D eigenvalue weighted by molar-refractivity contribution is 0.102. The monoisotopic (exact) mass is 366 g/mol. The molecule has 4 rings (SSSR count). The Kier molecular flexibility index (Phi) is 4.94. The molecule has 7 nitrogen and oxygen atoms in total. The Balaban J connectivity index is 1.50. The molecule has 3 aromatic heterocycles. The largest absolute Gasteiger partial charge is 0.304 e. The van der Waals surface area contributed by atoms with E-state index in [9.17, 15) is 4.79 Å². The number of aromatic nitrogens is 4. The van der Waals surface area contributed by atoms with Crippen LogP contribution in [0, 0.1) is 0 Å². The van der Waals surface area contributed by atoms with Crippen LogP contribution in [0.25, 0.3) is 0 Å². The van der Waals surface area contributed by atoms with E-state index in [0.717, 1.165) is 31.6 Å². The fraction of sp³-hybridized carbons (Fsp3) is 0.278. The van der Waals surface area contributed by atoms with Crippen molar-refractivity contribution in [3.63, 3.8) is 0 Å². The Bertz CT molecular complexity index is 870. The fourth-order valence-electron chi connectivity index (χ4n) is 3.18. The predicted molar refractivity (Wildman–Crippen MR) is 98.7 cm³/mol. The van der Waals surface area contributed by atoms with Gasteiger partial charge in [0.1, 0.15) is 5.69 Å². The number of nitrogens with one attached hydrogen (secondary N) is 1. The van der Waals surface area contributed by atoms with E-state index in [2.05, 4.69) is 30.2 Å². The van der Waals surface area contributed by atoms with Gasteiger partial charge in [0.15, 0.2) is 5.82 Å². The molecular formula is C18H18N6OS. The van der Waals surface area contributed by atoms with Crippen molar-refractivity contribution < 1.29 is 4.79 Å². The van der Waals surface area contributed by atoms with Gasteiger partial charge in [0, 0.05) is 30.0 Å². The van der Waals surface area contributed by atoms with Crippen molar-refractivity contribution in [3.05, 3.63) is 64.8 Å². The first-order valence-electron chi connectivity index (χ1n) is 8.45. The molecule has 1 N–H and O–H groups in total. The number of thiazole rings is 1. The molecule has 3 aromatic rings. The summed E-state index contributed by atoms with van der Waals surface area (Å²) < 4.78 is 0. The van der Waals surface area contributed by atoms with Gasteiger partial charge in [-0.05, 0) is 31.5 Å². The van der Waals surface area contributed by atoms with Crippen molar-refractivity contribution in [2.45, 2.75) is 25.4 Å². The van der Waals surface area contributed by atoms with Crippen molar-refractivity contribution in [2.24, 2.45) is 0 Å². The molecule has 1 amide bonds. The van der Waals surface area contributed by atoms with Gasteiger partial charge in [-0.1, -0.05) is 6.07 Å². The molecule has 132 valence electrons. The average molecular weight is 366 g/mol. The number of hydrogen-bond donors (Lipinski definition) is 1. The molecule has 4 heterocycles. The molecule has 0 bridgehead atoms. The molecule has 1 fully saturated rings. The van der Waals surface area contributed by atoms with E-state index in [0.29, 0.717) is 11.5 Å². The smallest absolute Gasteiger partial charge is 0.275 e. The summed E-state index contributed by atoms with van der Waals surface area (Å²) in [5.74, 6) is 0.136. The van der Waals surface area contributed by atoms with E-state index in [1.807, 2.05) is 23.8 Å². The van der Waals surface area contributed by atoms with Crippen LogP contribution in [0.2, 0.25) is 0 Å². The summed E-state index contributed by atoms with van der Waals surface area (Å²) in [6.07, 6.45) is 8.69. The highest BCUT2D eigenvalue weighted by atomic mass is 32.1. The summed E-state index contributed by atoms with van der Waals surface area (Å²) >= 11 is 1.67. The Morgan fingerprint density at radius 1 is 1.27 bits per heavy atom. The third-order valence-electron chi connectivity index (χ3n) is 4.36. The quantitative estimate of drug-likeness (QED) is 0.747. The number of likely N-dealkylation sites (tertiary alicyclic amines) is 1. The van der Waals surface area contributed by atoms with Crippen LogP contribution in [0.5, 0.6) is 0 Å². The minimum atomic E-state index is -0.278. The zero-order chi connectivity index (χ0) is 17.8. The summed E-state index contributed by atoms with van der Waals surface area (Å²) in [5.41, 5.74) is 3.17. The van der Waals surface area contributed by atoms with Gasteiger partial charge in [-0.25, -0.2) is 9.97 Å². The number of anilines is 1. The normalized spacial score (nSPS) is 17.3. The summed E-state index contributed by atoms with van der Waals surface area (Å²) in [6.45, 7) is 1.90. The summed E-state index contributed by atoms with van der Waals surface area (Å²) in [7, 11) is 0. The maximum atomic E-state index is 12.5. The first-order chi connectivity index (χ1) is 12.8. The predicted octanol–water partition coefficient (Wildman–Crippen LogP) is 2.92. The number of amides is 1. The van der Waals surface area contributed by atoms with Crippen LogP contribution in [0.3, 0.4) is 0 Å². The number of carbonyl (C=O) groups excluding carboxylic acids is 1. The van der Waals surface area contributed by atoms with E-state index < -0.39 is 0 Å². The van der Waals surface area contributed by atoms with Gasteiger partial charge in [0.2, 0.25) is 0 Å². The standard InChI is InChI=1S/C18H18N6OS/c25-18(23-17-10-19-6-7-21-17)15-4-1-3-14(22-15)16-5-2-8-24(16)11-13-9-20-12-26-13/h1,3-4,6-7,9-10,12,16H,2,5,8,11H2,(H,21,23,25). The number of carbonyl (C=O) groups is 1. The molecule has 1 aliphatic heterocycles. The Labute approximate surface area is 155 Å². The summed E-state index contributed by atoms with van der Waals surface area (Å²) in [6, 6.07) is 5.82. The molecule has 1 aliphatic rings. The van der Waals surface area contributed by atoms with Crippen LogP contribution in [0.4, 0.5) is 5.82 Å². The van der Waals surface area contributed by atoms with Crippen LogP contribution < -0.4 is 5.32 Å². The zero-order valence-corrected chi connectivity index (χ0v) is 14.9. The first-order valence-corrected chi connectivity index (χ1v) is 9.33. The van der Waals surface area contributed by atoms with E-state index in [4.69, 9.17) is 0 Å². The Hall–Kier alpha value is -2.71. The minimum absolute atomic E-state index is 0.223. The van der Waals surface area contributed by atoms with Crippen LogP contribution in [-0.4, -0.2) is 37.3 Å². The molecule has 0 aliphatic carbocycles. The molecule has 0 aromatic carbocycles. The second kappa shape index (κ2) is 7.67. The van der Waals surface area contributed by atoms with E-state index >= 15 is 0 Å². The van der Waals surface area contributed by atoms with Gasteiger partial charge < -0.3 is 5.32 Å². The van der Waals surface area contributed by atoms with Gasteiger partial charge in [-0.3, -0.25) is 19.7 Å². The topological polar surface area (TPSA) is 83.9 Å². The van der Waals surface area contributed by atoms with Gasteiger partial charge in [0.05, 0.1) is 23.4 Å². The van der Waals surface area contributed by atoms with Gasteiger partial charge in [-0.15, -0.1) is 11.3 Å². The molecular weight excluding hydrogens is 348 g/mol. The highest BCUT2D eigenvalue weighted by molar-refractivity contribution is 7.09. The lowest BCUT2D eigenvalue weighted by Crippen LogP contribution is -2.24. The second-order valence-electron chi connectivity index (χ2n) is 6.09. The van der Waals surface area contributed by atoms with E-state index in [1.54, 1.807) is 23.6 Å². The lowest BCUT2D eigenvalue weighted by Gasteiger charge is -2.23. The molecule has 1 saturated heterocycles. The third kappa shape index (κ3) is 3.76.